The molecule has 0 aliphatic carbocycles. The quantitative estimate of drug-likeness (QED) is 0.271. The van der Waals surface area contributed by atoms with Gasteiger partial charge >= 0.3 is 11.9 Å². The van der Waals surface area contributed by atoms with Gasteiger partial charge < -0.3 is 43.4 Å². The summed E-state index contributed by atoms with van der Waals surface area (Å²) in [5.41, 5.74) is 2.16. The molecule has 0 atom stereocenters. The second kappa shape index (κ2) is 16.6. The molecule has 2 N–H and O–H groups in total. The summed E-state index contributed by atoms with van der Waals surface area (Å²) in [5.74, 6) is -0.862. The van der Waals surface area contributed by atoms with Crippen LogP contribution in [0.15, 0.2) is 72.8 Å². The average Bonchev–Trinajstić information content (AvgIpc) is 3.05. The van der Waals surface area contributed by atoms with Crippen LogP contribution in [0.2, 0.25) is 0 Å². The van der Waals surface area contributed by atoms with Crippen LogP contribution < -0.4 is 18.9 Å². The molecule has 4 bridgehead atoms. The van der Waals surface area contributed by atoms with Gasteiger partial charge in [-0.05, 0) is 46.5 Å². The molecule has 0 aromatic heterocycles. The Morgan fingerprint density at radius 2 is 1.00 bits per heavy atom. The molecule has 0 spiro atoms. The van der Waals surface area contributed by atoms with Crippen molar-refractivity contribution in [2.24, 2.45) is 0 Å². The number of carbonyl (C=O) groups is 2. The number of ether oxygens (including phenoxy) is 7. The first-order valence-corrected chi connectivity index (χ1v) is 15.3. The molecule has 4 aromatic rings. The third-order valence-corrected chi connectivity index (χ3v) is 7.39. The Morgan fingerprint density at radius 3 is 1.40 bits per heavy atom. The van der Waals surface area contributed by atoms with E-state index in [1.165, 1.54) is 0 Å². The smallest absolute Gasteiger partial charge is 0.341 e. The van der Waals surface area contributed by atoms with Crippen molar-refractivity contribution >= 4 is 33.5 Å². The molecule has 0 saturated heterocycles. The number of aliphatic carboxylic acids is 2. The Balaban J connectivity index is 1.58. The summed E-state index contributed by atoms with van der Waals surface area (Å²) < 4.78 is 40.9. The number of benzene rings is 4. The van der Waals surface area contributed by atoms with E-state index in [1.54, 1.807) is 0 Å². The summed E-state index contributed by atoms with van der Waals surface area (Å²) in [6, 6.07) is 19.1. The molecule has 5 rings (SSSR count). The first-order chi connectivity index (χ1) is 22.9. The molecule has 47 heavy (non-hydrogen) atoms. The van der Waals surface area contributed by atoms with Gasteiger partial charge in [-0.25, -0.2) is 9.59 Å². The highest BCUT2D eigenvalue weighted by Crippen LogP contribution is 2.42. The molecule has 1 aliphatic rings. The lowest BCUT2D eigenvalue weighted by Crippen LogP contribution is -2.16. The Morgan fingerprint density at radius 1 is 0.617 bits per heavy atom. The fraction of sp³-hybridized carbons (Fsp3) is 0.333. The van der Waals surface area contributed by atoms with Crippen molar-refractivity contribution in [3.63, 3.8) is 0 Å². The number of carboxylic acids is 2. The number of carboxylic acid groups (broad SMARTS) is 2. The Kier molecular flexibility index (Phi) is 11.9. The molecule has 0 radical (unpaired) electrons. The molecule has 248 valence electrons. The Hall–Kier alpha value is -4.84. The summed E-state index contributed by atoms with van der Waals surface area (Å²) in [6.45, 7) is 5.72. The highest BCUT2D eigenvalue weighted by Gasteiger charge is 2.22. The zero-order chi connectivity index (χ0) is 33.0. The van der Waals surface area contributed by atoms with Gasteiger partial charge in [-0.15, -0.1) is 0 Å². The number of rotatable bonds is 6. The van der Waals surface area contributed by atoms with Crippen LogP contribution in [0.25, 0.3) is 21.5 Å². The van der Waals surface area contributed by atoms with Crippen molar-refractivity contribution in [1.82, 2.24) is 0 Å². The molecule has 11 nitrogen and oxygen atoms in total. The summed E-state index contributed by atoms with van der Waals surface area (Å²) in [5, 5.41) is 22.4. The summed E-state index contributed by atoms with van der Waals surface area (Å²) in [4.78, 5) is 23.2. The standard InChI is InChI=1S/C36H38O11/c1-24-18-29-27-8-4-2-6-25(27)20-31(35(29)46-22-33(37)38)44-16-14-42-12-10-41-11-13-43-15-17-45-32-21-26-7-3-5-9-28(26)30(19-24)36(32)47-23-34(39)40/h2-9,20-21H,1,10-19,22-23H2,(H,37,38)(H,39,40). The average molecular weight is 647 g/mol. The van der Waals surface area contributed by atoms with Gasteiger partial charge in [-0.1, -0.05) is 60.7 Å². The molecule has 0 saturated carbocycles. The second-order valence-corrected chi connectivity index (χ2v) is 10.8. The highest BCUT2D eigenvalue weighted by atomic mass is 16.6. The Labute approximate surface area is 272 Å². The van der Waals surface area contributed by atoms with Gasteiger partial charge in [-0.2, -0.15) is 0 Å². The van der Waals surface area contributed by atoms with Crippen molar-refractivity contribution in [2.45, 2.75) is 12.8 Å². The van der Waals surface area contributed by atoms with E-state index in [0.29, 0.717) is 73.4 Å². The minimum Gasteiger partial charge on any atom is -0.487 e. The van der Waals surface area contributed by atoms with Crippen LogP contribution in [0.1, 0.15) is 11.1 Å². The molecule has 1 aliphatic heterocycles. The number of fused-ring (bicyclic) bond motifs is 8. The van der Waals surface area contributed by atoms with Crippen LogP contribution >= 0.6 is 0 Å². The van der Waals surface area contributed by atoms with E-state index in [1.807, 2.05) is 60.7 Å². The monoisotopic (exact) mass is 646 g/mol. The number of hydrogen-bond donors (Lipinski definition) is 2. The lowest BCUT2D eigenvalue weighted by molar-refractivity contribution is -0.140. The highest BCUT2D eigenvalue weighted by molar-refractivity contribution is 5.92. The van der Waals surface area contributed by atoms with Crippen molar-refractivity contribution in [2.75, 3.05) is 66.1 Å². The second-order valence-electron chi connectivity index (χ2n) is 10.8. The van der Waals surface area contributed by atoms with Crippen LogP contribution in [0.3, 0.4) is 0 Å². The molecular weight excluding hydrogens is 608 g/mol. The normalized spacial score (nSPS) is 15.4. The topological polar surface area (TPSA) is 139 Å². The van der Waals surface area contributed by atoms with Gasteiger partial charge in [0.2, 0.25) is 0 Å². The Bertz CT molecular complexity index is 1590. The van der Waals surface area contributed by atoms with Gasteiger partial charge in [0.25, 0.3) is 0 Å². The van der Waals surface area contributed by atoms with Crippen LogP contribution in [-0.2, 0) is 36.6 Å². The first kappa shape index (κ1) is 33.5. The minimum absolute atomic E-state index is 0.203. The van der Waals surface area contributed by atoms with Crippen molar-refractivity contribution in [3.05, 3.63) is 83.9 Å². The van der Waals surface area contributed by atoms with Gasteiger partial charge in [0.1, 0.15) is 13.2 Å². The lowest BCUT2D eigenvalue weighted by atomic mass is 9.92. The van der Waals surface area contributed by atoms with E-state index in [9.17, 15) is 19.8 Å². The maximum Gasteiger partial charge on any atom is 0.341 e. The largest absolute Gasteiger partial charge is 0.487 e. The number of allylic oxidation sites excluding steroid dienone is 1. The zero-order valence-electron chi connectivity index (χ0n) is 26.0. The summed E-state index contributed by atoms with van der Waals surface area (Å²) in [7, 11) is 0. The van der Waals surface area contributed by atoms with E-state index in [2.05, 4.69) is 6.58 Å². The number of hydrogen-bond acceptors (Lipinski definition) is 9. The van der Waals surface area contributed by atoms with Crippen molar-refractivity contribution in [3.8, 4) is 23.0 Å². The van der Waals surface area contributed by atoms with Crippen LogP contribution in [0.5, 0.6) is 23.0 Å². The zero-order valence-corrected chi connectivity index (χ0v) is 26.0. The first-order valence-electron chi connectivity index (χ1n) is 15.3. The molecule has 1 heterocycles. The van der Waals surface area contributed by atoms with E-state index < -0.39 is 25.2 Å². The van der Waals surface area contributed by atoms with Crippen molar-refractivity contribution < 1.29 is 53.0 Å². The minimum atomic E-state index is -1.13. The summed E-state index contributed by atoms with van der Waals surface area (Å²) >= 11 is 0. The van der Waals surface area contributed by atoms with Crippen LogP contribution in [0, 0.1) is 0 Å². The van der Waals surface area contributed by atoms with Gasteiger partial charge in [-0.3, -0.25) is 0 Å². The molecule has 0 unspecified atom stereocenters. The van der Waals surface area contributed by atoms with E-state index in [-0.39, 0.29) is 26.4 Å². The lowest BCUT2D eigenvalue weighted by Gasteiger charge is -2.21. The van der Waals surface area contributed by atoms with Gasteiger partial charge in [0.05, 0.1) is 39.6 Å². The fourth-order valence-corrected chi connectivity index (χ4v) is 5.43. The fourth-order valence-electron chi connectivity index (χ4n) is 5.43. The molecular formula is C36H38O11. The van der Waals surface area contributed by atoms with E-state index in [0.717, 1.165) is 27.1 Å². The SMILES string of the molecule is C=C1Cc2c(OCC(=O)O)c(cc3ccccc23)OCCOCCOCCOCCOc2cc3ccccc3c(c2OCC(=O)O)C1. The molecule has 4 aromatic carbocycles. The van der Waals surface area contributed by atoms with Crippen LogP contribution in [0.4, 0.5) is 0 Å². The maximum absolute atomic E-state index is 11.6. The molecule has 0 fully saturated rings. The van der Waals surface area contributed by atoms with E-state index >= 15 is 0 Å². The molecule has 0 amide bonds. The van der Waals surface area contributed by atoms with E-state index in [4.69, 9.17) is 33.2 Å². The van der Waals surface area contributed by atoms with Gasteiger partial charge in [0, 0.05) is 11.1 Å². The van der Waals surface area contributed by atoms with Crippen molar-refractivity contribution in [1.29, 1.82) is 0 Å². The maximum atomic E-state index is 11.6. The predicted octanol–water partition coefficient (Wildman–Crippen LogP) is 5.08. The predicted molar refractivity (Wildman–Crippen MR) is 174 cm³/mol. The third-order valence-electron chi connectivity index (χ3n) is 7.39. The summed E-state index contributed by atoms with van der Waals surface area (Å²) in [6.07, 6.45) is 0.595. The molecule has 11 heteroatoms. The third kappa shape index (κ3) is 9.13. The van der Waals surface area contributed by atoms with Crippen LogP contribution in [-0.4, -0.2) is 88.2 Å². The van der Waals surface area contributed by atoms with Gasteiger partial charge in [0.15, 0.2) is 36.2 Å².